The first-order valence-electron chi connectivity index (χ1n) is 6.74. The molecule has 0 aliphatic heterocycles. The molecule has 2 aromatic carbocycles. The summed E-state index contributed by atoms with van der Waals surface area (Å²) in [4.78, 5) is 0. The Morgan fingerprint density at radius 2 is 1.58 bits per heavy atom. The van der Waals surface area contributed by atoms with E-state index < -0.39 is 0 Å². The van der Waals surface area contributed by atoms with Crippen LogP contribution in [-0.2, 0) is 17.8 Å². The maximum absolute atomic E-state index is 5.89. The Bertz CT molecular complexity index is 478. The van der Waals surface area contributed by atoms with E-state index in [0.717, 1.165) is 6.42 Å². The summed E-state index contributed by atoms with van der Waals surface area (Å²) in [6.45, 7) is 3.41. The van der Waals surface area contributed by atoms with E-state index in [0.29, 0.717) is 13.2 Å². The largest absolute Gasteiger partial charge is 0.369 e. The molecule has 2 aromatic rings. The number of nitrogens with two attached hydrogens (primary N) is 1. The minimum absolute atomic E-state index is 0.116. The lowest BCUT2D eigenvalue weighted by molar-refractivity contribution is 0.0525. The van der Waals surface area contributed by atoms with Crippen LogP contribution in [0.15, 0.2) is 54.6 Å². The summed E-state index contributed by atoms with van der Waals surface area (Å²) in [5, 5.41) is 0. The third-order valence-electron chi connectivity index (χ3n) is 3.22. The lowest BCUT2D eigenvalue weighted by atomic mass is 10.1. The molecule has 2 nitrogen and oxygen atoms in total. The number of rotatable bonds is 6. The van der Waals surface area contributed by atoms with E-state index in [2.05, 4.69) is 43.3 Å². The molecule has 100 valence electrons. The summed E-state index contributed by atoms with van der Waals surface area (Å²) in [6, 6.07) is 18.8. The van der Waals surface area contributed by atoms with Gasteiger partial charge in [-0.3, -0.25) is 0 Å². The Morgan fingerprint density at radius 1 is 0.947 bits per heavy atom. The Hall–Kier alpha value is -1.64. The Kier molecular flexibility index (Phi) is 5.13. The van der Waals surface area contributed by atoms with E-state index >= 15 is 0 Å². The summed E-state index contributed by atoms with van der Waals surface area (Å²) in [6.07, 6.45) is 1.05. The van der Waals surface area contributed by atoms with Crippen LogP contribution < -0.4 is 5.73 Å². The molecule has 0 saturated carbocycles. The first-order chi connectivity index (χ1) is 9.29. The van der Waals surface area contributed by atoms with Crippen molar-refractivity contribution in [3.8, 4) is 0 Å². The minimum Gasteiger partial charge on any atom is -0.369 e. The molecule has 0 aromatic heterocycles. The van der Waals surface area contributed by atoms with Gasteiger partial charge in [0.2, 0.25) is 0 Å². The molecule has 2 rings (SSSR count). The Labute approximate surface area is 115 Å². The quantitative estimate of drug-likeness (QED) is 0.858. The van der Waals surface area contributed by atoms with Gasteiger partial charge in [0.05, 0.1) is 12.7 Å². The van der Waals surface area contributed by atoms with Gasteiger partial charge in [-0.1, -0.05) is 54.6 Å². The summed E-state index contributed by atoms with van der Waals surface area (Å²) >= 11 is 0. The van der Waals surface area contributed by atoms with Crippen LogP contribution in [0.3, 0.4) is 0 Å². The van der Waals surface area contributed by atoms with E-state index in [4.69, 9.17) is 10.5 Å². The molecule has 2 N–H and O–H groups in total. The summed E-state index contributed by atoms with van der Waals surface area (Å²) in [5.74, 6) is 0. The summed E-state index contributed by atoms with van der Waals surface area (Å²) < 4.78 is 5.89. The molecule has 0 spiro atoms. The van der Waals surface area contributed by atoms with Gasteiger partial charge in [0.1, 0.15) is 0 Å². The van der Waals surface area contributed by atoms with Gasteiger partial charge in [-0.2, -0.15) is 0 Å². The smallest absolute Gasteiger partial charge is 0.0801 e. The normalized spacial score (nSPS) is 12.3. The predicted octanol–water partition coefficient (Wildman–Crippen LogP) is 3.47. The fourth-order valence-electron chi connectivity index (χ4n) is 2.01. The van der Waals surface area contributed by atoms with Crippen molar-refractivity contribution in [3.05, 3.63) is 71.3 Å². The van der Waals surface area contributed by atoms with Gasteiger partial charge in [-0.25, -0.2) is 0 Å². The van der Waals surface area contributed by atoms with Gasteiger partial charge in [-0.15, -0.1) is 0 Å². The molecule has 1 atom stereocenters. The lowest BCUT2D eigenvalue weighted by Gasteiger charge is -2.13. The Balaban J connectivity index is 1.88. The van der Waals surface area contributed by atoms with Gasteiger partial charge in [0.25, 0.3) is 0 Å². The fraction of sp³-hybridized carbons (Fsp3) is 0.294. The average molecular weight is 255 g/mol. The second-order valence-corrected chi connectivity index (χ2v) is 4.72. The highest BCUT2D eigenvalue weighted by Gasteiger charge is 2.05. The summed E-state index contributed by atoms with van der Waals surface area (Å²) in [5.41, 5.74) is 9.22. The average Bonchev–Trinajstić information content (AvgIpc) is 2.47. The van der Waals surface area contributed by atoms with Crippen molar-refractivity contribution in [2.24, 2.45) is 5.73 Å². The van der Waals surface area contributed by atoms with E-state index in [1.807, 2.05) is 18.2 Å². The zero-order valence-electron chi connectivity index (χ0n) is 11.4. The molecule has 0 fully saturated rings. The van der Waals surface area contributed by atoms with Gasteiger partial charge in [-0.05, 0) is 36.6 Å². The number of benzene rings is 2. The fourth-order valence-corrected chi connectivity index (χ4v) is 2.01. The molecule has 1 unspecified atom stereocenters. The molecule has 0 aliphatic rings. The van der Waals surface area contributed by atoms with Crippen molar-refractivity contribution in [1.29, 1.82) is 0 Å². The standard InChI is InChI=1S/C17H21NO/c1-14(17-5-3-2-4-6-17)19-13-16-9-7-15(8-10-16)11-12-18/h2-10,14H,11-13,18H2,1H3. The SMILES string of the molecule is CC(OCc1ccc(CCN)cc1)c1ccccc1. The first-order valence-corrected chi connectivity index (χ1v) is 6.74. The molecular weight excluding hydrogens is 234 g/mol. The van der Waals surface area contributed by atoms with Crippen LogP contribution >= 0.6 is 0 Å². The van der Waals surface area contributed by atoms with E-state index in [1.54, 1.807) is 0 Å². The third-order valence-corrected chi connectivity index (χ3v) is 3.22. The van der Waals surface area contributed by atoms with Crippen LogP contribution in [0.5, 0.6) is 0 Å². The van der Waals surface area contributed by atoms with Crippen molar-refractivity contribution in [1.82, 2.24) is 0 Å². The van der Waals surface area contributed by atoms with Gasteiger partial charge in [0.15, 0.2) is 0 Å². The zero-order valence-corrected chi connectivity index (χ0v) is 11.4. The maximum atomic E-state index is 5.89. The van der Waals surface area contributed by atoms with Gasteiger partial charge < -0.3 is 10.5 Å². The molecule has 0 saturated heterocycles. The number of hydrogen-bond donors (Lipinski definition) is 1. The van der Waals surface area contributed by atoms with Crippen molar-refractivity contribution < 1.29 is 4.74 Å². The van der Waals surface area contributed by atoms with Crippen LogP contribution in [0.4, 0.5) is 0 Å². The van der Waals surface area contributed by atoms with Crippen molar-refractivity contribution in [2.45, 2.75) is 26.1 Å². The second-order valence-electron chi connectivity index (χ2n) is 4.72. The van der Waals surface area contributed by atoms with Crippen LogP contribution in [-0.4, -0.2) is 6.54 Å². The molecule has 0 aliphatic carbocycles. The third kappa shape index (κ3) is 4.19. The highest BCUT2D eigenvalue weighted by Crippen LogP contribution is 2.18. The molecular formula is C17H21NO. The van der Waals surface area contributed by atoms with Crippen LogP contribution in [0.1, 0.15) is 29.7 Å². The minimum atomic E-state index is 0.116. The van der Waals surface area contributed by atoms with Crippen LogP contribution in [0.25, 0.3) is 0 Å². The van der Waals surface area contributed by atoms with Gasteiger partial charge >= 0.3 is 0 Å². The highest BCUT2D eigenvalue weighted by atomic mass is 16.5. The molecule has 0 heterocycles. The number of hydrogen-bond acceptors (Lipinski definition) is 2. The zero-order chi connectivity index (χ0) is 13.5. The van der Waals surface area contributed by atoms with E-state index in [-0.39, 0.29) is 6.10 Å². The van der Waals surface area contributed by atoms with E-state index in [9.17, 15) is 0 Å². The number of ether oxygens (including phenoxy) is 1. The molecule has 2 heteroatoms. The van der Waals surface area contributed by atoms with Crippen molar-refractivity contribution >= 4 is 0 Å². The topological polar surface area (TPSA) is 35.2 Å². The molecule has 0 bridgehead atoms. The second kappa shape index (κ2) is 7.07. The van der Waals surface area contributed by atoms with E-state index in [1.165, 1.54) is 16.7 Å². The molecule has 19 heavy (non-hydrogen) atoms. The lowest BCUT2D eigenvalue weighted by Crippen LogP contribution is -2.03. The summed E-state index contributed by atoms with van der Waals surface area (Å²) in [7, 11) is 0. The molecule has 0 radical (unpaired) electrons. The highest BCUT2D eigenvalue weighted by molar-refractivity contribution is 5.22. The predicted molar refractivity (Wildman–Crippen MR) is 78.8 cm³/mol. The molecule has 0 amide bonds. The maximum Gasteiger partial charge on any atom is 0.0801 e. The van der Waals surface area contributed by atoms with Crippen molar-refractivity contribution in [3.63, 3.8) is 0 Å². The Morgan fingerprint density at radius 3 is 2.21 bits per heavy atom. The van der Waals surface area contributed by atoms with Crippen LogP contribution in [0.2, 0.25) is 0 Å². The monoisotopic (exact) mass is 255 g/mol. The van der Waals surface area contributed by atoms with Crippen LogP contribution in [0, 0.1) is 0 Å². The van der Waals surface area contributed by atoms with Gasteiger partial charge in [0, 0.05) is 0 Å². The van der Waals surface area contributed by atoms with Crippen molar-refractivity contribution in [2.75, 3.05) is 6.54 Å². The first kappa shape index (κ1) is 13.8.